The summed E-state index contributed by atoms with van der Waals surface area (Å²) in [5.41, 5.74) is 1.34. The van der Waals surface area contributed by atoms with Crippen LogP contribution < -0.4 is 0 Å². The summed E-state index contributed by atoms with van der Waals surface area (Å²) in [6.07, 6.45) is 0.797. The van der Waals surface area contributed by atoms with Crippen molar-refractivity contribution >= 4 is 17.2 Å². The minimum atomic E-state index is 0.506. The first-order chi connectivity index (χ1) is 9.19. The van der Waals surface area contributed by atoms with Gasteiger partial charge < -0.3 is 0 Å². The van der Waals surface area contributed by atoms with Crippen molar-refractivity contribution in [3.8, 4) is 5.82 Å². The van der Waals surface area contributed by atoms with E-state index in [4.69, 9.17) is 0 Å². The molecule has 0 amide bonds. The summed E-state index contributed by atoms with van der Waals surface area (Å²) >= 11 is 0. The Kier molecular flexibility index (Phi) is 2.59. The normalized spacial score (nSPS) is 10.8. The van der Waals surface area contributed by atoms with Gasteiger partial charge in [0.2, 0.25) is 0 Å². The van der Waals surface area contributed by atoms with Gasteiger partial charge in [0.1, 0.15) is 11.6 Å². The molecule has 94 valence electrons. The van der Waals surface area contributed by atoms with Crippen molar-refractivity contribution in [2.45, 2.75) is 13.8 Å². The standard InChI is InChI=1S/C14H12N4O/c1-9-15-10(2)18(17-9)14-12(8-19)7-11-5-3-4-6-13(11)16-14/h3-8H,1-2H3. The number of carbonyl (C=O) groups excluding carboxylic acids is 1. The van der Waals surface area contributed by atoms with Crippen molar-refractivity contribution in [1.82, 2.24) is 19.7 Å². The maximum Gasteiger partial charge on any atom is 0.166 e. The first-order valence-electron chi connectivity index (χ1n) is 5.94. The van der Waals surface area contributed by atoms with E-state index in [1.807, 2.05) is 44.2 Å². The van der Waals surface area contributed by atoms with E-state index in [-0.39, 0.29) is 0 Å². The molecule has 0 fully saturated rings. The summed E-state index contributed by atoms with van der Waals surface area (Å²) in [6.45, 7) is 3.65. The van der Waals surface area contributed by atoms with Crippen LogP contribution in [-0.4, -0.2) is 26.0 Å². The third-order valence-electron chi connectivity index (χ3n) is 2.93. The van der Waals surface area contributed by atoms with Gasteiger partial charge in [0.05, 0.1) is 11.1 Å². The Hall–Kier alpha value is -2.56. The molecule has 0 radical (unpaired) electrons. The Morgan fingerprint density at radius 2 is 1.95 bits per heavy atom. The van der Waals surface area contributed by atoms with E-state index >= 15 is 0 Å². The fraction of sp³-hybridized carbons (Fsp3) is 0.143. The molecule has 3 rings (SSSR count). The summed E-state index contributed by atoms with van der Waals surface area (Å²) < 4.78 is 1.60. The van der Waals surface area contributed by atoms with E-state index in [1.54, 1.807) is 4.68 Å². The quantitative estimate of drug-likeness (QED) is 0.656. The zero-order valence-corrected chi connectivity index (χ0v) is 10.7. The van der Waals surface area contributed by atoms with Crippen LogP contribution in [0.15, 0.2) is 30.3 Å². The van der Waals surface area contributed by atoms with Crippen molar-refractivity contribution in [2.75, 3.05) is 0 Å². The van der Waals surface area contributed by atoms with Gasteiger partial charge in [0, 0.05) is 5.39 Å². The zero-order valence-electron chi connectivity index (χ0n) is 10.7. The number of para-hydroxylation sites is 1. The van der Waals surface area contributed by atoms with Gasteiger partial charge in [-0.1, -0.05) is 18.2 Å². The van der Waals surface area contributed by atoms with E-state index in [0.29, 0.717) is 23.0 Å². The molecule has 0 aliphatic carbocycles. The second-order valence-electron chi connectivity index (χ2n) is 4.33. The number of aryl methyl sites for hydroxylation is 2. The molecule has 0 saturated carbocycles. The molecule has 0 aliphatic rings. The topological polar surface area (TPSA) is 60.7 Å². The molecule has 1 aromatic carbocycles. The van der Waals surface area contributed by atoms with E-state index in [9.17, 15) is 4.79 Å². The van der Waals surface area contributed by atoms with Crippen molar-refractivity contribution in [3.63, 3.8) is 0 Å². The summed E-state index contributed by atoms with van der Waals surface area (Å²) in [6, 6.07) is 9.49. The van der Waals surface area contributed by atoms with Gasteiger partial charge in [0.15, 0.2) is 12.1 Å². The van der Waals surface area contributed by atoms with Crippen LogP contribution in [0.5, 0.6) is 0 Å². The lowest BCUT2D eigenvalue weighted by Crippen LogP contribution is -2.06. The minimum Gasteiger partial charge on any atom is -0.298 e. The maximum absolute atomic E-state index is 11.3. The van der Waals surface area contributed by atoms with Crippen molar-refractivity contribution < 1.29 is 4.79 Å². The molecular formula is C14H12N4O. The molecular weight excluding hydrogens is 240 g/mol. The highest BCUT2D eigenvalue weighted by Gasteiger charge is 2.12. The highest BCUT2D eigenvalue weighted by Crippen LogP contribution is 2.19. The highest BCUT2D eigenvalue weighted by molar-refractivity contribution is 5.89. The van der Waals surface area contributed by atoms with Crippen molar-refractivity contribution in [1.29, 1.82) is 0 Å². The summed E-state index contributed by atoms with van der Waals surface area (Å²) in [5.74, 6) is 1.89. The fourth-order valence-corrected chi connectivity index (χ4v) is 2.10. The van der Waals surface area contributed by atoms with Gasteiger partial charge in [-0.3, -0.25) is 4.79 Å². The lowest BCUT2D eigenvalue weighted by molar-refractivity contribution is 0.112. The van der Waals surface area contributed by atoms with Crippen LogP contribution in [0.2, 0.25) is 0 Å². The number of nitrogens with zero attached hydrogens (tertiary/aromatic N) is 4. The maximum atomic E-state index is 11.3. The molecule has 0 unspecified atom stereocenters. The lowest BCUT2D eigenvalue weighted by Gasteiger charge is -2.07. The number of pyridine rings is 1. The van der Waals surface area contributed by atoms with Gasteiger partial charge in [-0.2, -0.15) is 4.68 Å². The Bertz CT molecular complexity index is 776. The molecule has 5 nitrogen and oxygen atoms in total. The molecule has 0 atom stereocenters. The Morgan fingerprint density at radius 1 is 1.16 bits per heavy atom. The van der Waals surface area contributed by atoms with Gasteiger partial charge >= 0.3 is 0 Å². The van der Waals surface area contributed by atoms with Crippen LogP contribution in [0, 0.1) is 13.8 Å². The van der Waals surface area contributed by atoms with Crippen LogP contribution in [0.1, 0.15) is 22.0 Å². The lowest BCUT2D eigenvalue weighted by atomic mass is 10.1. The number of aromatic nitrogens is 4. The SMILES string of the molecule is Cc1nc(C)n(-c2nc3ccccc3cc2C=O)n1. The van der Waals surface area contributed by atoms with Crippen LogP contribution in [0.3, 0.4) is 0 Å². The van der Waals surface area contributed by atoms with E-state index in [2.05, 4.69) is 15.1 Å². The summed E-state index contributed by atoms with van der Waals surface area (Å²) in [5, 5.41) is 5.21. The van der Waals surface area contributed by atoms with Crippen LogP contribution >= 0.6 is 0 Å². The molecule has 0 N–H and O–H groups in total. The second-order valence-corrected chi connectivity index (χ2v) is 4.33. The monoisotopic (exact) mass is 252 g/mol. The van der Waals surface area contributed by atoms with Gasteiger partial charge in [-0.05, 0) is 26.0 Å². The number of aldehydes is 1. The zero-order chi connectivity index (χ0) is 13.4. The van der Waals surface area contributed by atoms with Crippen molar-refractivity contribution in [2.24, 2.45) is 0 Å². The highest BCUT2D eigenvalue weighted by atomic mass is 16.1. The number of rotatable bonds is 2. The van der Waals surface area contributed by atoms with Gasteiger partial charge in [-0.25, -0.2) is 9.97 Å². The molecule has 2 heterocycles. The predicted molar refractivity (Wildman–Crippen MR) is 71.5 cm³/mol. The minimum absolute atomic E-state index is 0.506. The summed E-state index contributed by atoms with van der Waals surface area (Å²) in [4.78, 5) is 20.0. The summed E-state index contributed by atoms with van der Waals surface area (Å²) in [7, 11) is 0. The van der Waals surface area contributed by atoms with E-state index < -0.39 is 0 Å². The molecule has 19 heavy (non-hydrogen) atoms. The molecule has 0 aliphatic heterocycles. The number of hydrogen-bond acceptors (Lipinski definition) is 4. The number of fused-ring (bicyclic) bond motifs is 1. The van der Waals surface area contributed by atoms with Gasteiger partial charge in [0.25, 0.3) is 0 Å². The van der Waals surface area contributed by atoms with Gasteiger partial charge in [-0.15, -0.1) is 5.10 Å². The van der Waals surface area contributed by atoms with Crippen LogP contribution in [0.25, 0.3) is 16.7 Å². The molecule has 0 bridgehead atoms. The molecule has 5 heteroatoms. The molecule has 2 aromatic heterocycles. The average molecular weight is 252 g/mol. The first-order valence-corrected chi connectivity index (χ1v) is 5.94. The smallest absolute Gasteiger partial charge is 0.166 e. The third kappa shape index (κ3) is 1.89. The molecule has 0 saturated heterocycles. The van der Waals surface area contributed by atoms with Crippen LogP contribution in [0.4, 0.5) is 0 Å². The van der Waals surface area contributed by atoms with E-state index in [1.165, 1.54) is 0 Å². The molecule has 3 aromatic rings. The largest absolute Gasteiger partial charge is 0.298 e. The Morgan fingerprint density at radius 3 is 2.63 bits per heavy atom. The van der Waals surface area contributed by atoms with Crippen molar-refractivity contribution in [3.05, 3.63) is 47.5 Å². The Labute approximate surface area is 109 Å². The number of hydrogen-bond donors (Lipinski definition) is 0. The van der Waals surface area contributed by atoms with Crippen LogP contribution in [-0.2, 0) is 0 Å². The second kappa shape index (κ2) is 4.28. The third-order valence-corrected chi connectivity index (χ3v) is 2.93. The number of benzene rings is 1. The average Bonchev–Trinajstić information content (AvgIpc) is 2.76. The first kappa shape index (κ1) is 11.5. The molecule has 0 spiro atoms. The predicted octanol–water partition coefficient (Wildman–Crippen LogP) is 2.24. The Balaban J connectivity index is 2.33. The van der Waals surface area contributed by atoms with E-state index in [0.717, 1.165) is 17.2 Å². The number of carbonyl (C=O) groups is 1. The fourth-order valence-electron chi connectivity index (χ4n) is 2.10.